The van der Waals surface area contributed by atoms with E-state index in [2.05, 4.69) is 31.1 Å². The molecule has 148 valence electrons. The molecule has 28 heavy (non-hydrogen) atoms. The zero-order chi connectivity index (χ0) is 20.6. The van der Waals surface area contributed by atoms with Crippen LogP contribution in [0.2, 0.25) is 0 Å². The Balaban J connectivity index is 1.78. The van der Waals surface area contributed by atoms with E-state index in [0.29, 0.717) is 13.0 Å². The number of nitrogens with one attached hydrogen (secondary N) is 1. The van der Waals surface area contributed by atoms with Crippen molar-refractivity contribution in [2.75, 3.05) is 6.54 Å². The van der Waals surface area contributed by atoms with E-state index in [1.165, 1.54) is 11.6 Å². The first kappa shape index (κ1) is 21.4. The van der Waals surface area contributed by atoms with Crippen molar-refractivity contribution in [1.29, 1.82) is 0 Å². The first-order valence-corrected chi connectivity index (χ1v) is 9.41. The number of amides is 1. The molecule has 0 bridgehead atoms. The second-order valence-corrected chi connectivity index (χ2v) is 7.68. The van der Waals surface area contributed by atoms with Crippen LogP contribution in [0, 0.1) is 0 Å². The third-order valence-electron chi connectivity index (χ3n) is 4.31. The maximum absolute atomic E-state index is 12.0. The minimum atomic E-state index is -0.849. The Morgan fingerprint density at radius 2 is 1.75 bits per heavy atom. The molecule has 1 N–H and O–H groups in total. The van der Waals surface area contributed by atoms with Crippen LogP contribution in [0.5, 0.6) is 0 Å². The lowest BCUT2D eigenvalue weighted by molar-refractivity contribution is -0.150. The average Bonchev–Trinajstić information content (AvgIpc) is 2.66. The fraction of sp³-hybridized carbons (Fsp3) is 0.348. The Hall–Kier alpha value is -2.95. The maximum Gasteiger partial charge on any atom is 0.331 e. The summed E-state index contributed by atoms with van der Waals surface area (Å²) in [6, 6.07) is 11.8. The van der Waals surface area contributed by atoms with Crippen LogP contribution in [0.25, 0.3) is 6.08 Å². The van der Waals surface area contributed by atoms with E-state index >= 15 is 0 Å². The molecule has 1 aromatic heterocycles. The summed E-state index contributed by atoms with van der Waals surface area (Å²) in [5.74, 6) is -0.859. The number of hydrogen-bond acceptors (Lipinski definition) is 4. The second kappa shape index (κ2) is 9.83. The van der Waals surface area contributed by atoms with Crippen molar-refractivity contribution in [1.82, 2.24) is 10.3 Å². The molecule has 1 aromatic carbocycles. The highest BCUT2D eigenvalue weighted by Crippen LogP contribution is 2.22. The van der Waals surface area contributed by atoms with E-state index in [1.807, 2.05) is 36.4 Å². The van der Waals surface area contributed by atoms with Crippen LogP contribution >= 0.6 is 0 Å². The fourth-order valence-corrected chi connectivity index (χ4v) is 2.55. The molecular weight excluding hydrogens is 352 g/mol. The van der Waals surface area contributed by atoms with Gasteiger partial charge in [0.2, 0.25) is 0 Å². The first-order valence-electron chi connectivity index (χ1n) is 9.41. The van der Waals surface area contributed by atoms with Gasteiger partial charge in [-0.25, -0.2) is 4.79 Å². The molecule has 5 heteroatoms. The standard InChI is InChI=1S/C23H28N2O3/c1-17(22(27)25-16-13-19-11-14-24-15-12-19)28-21(26)10-7-18-5-8-20(9-6-18)23(2,3)4/h5-12,14-15,17H,13,16H2,1-4H3,(H,25,27)/b10-7+. The summed E-state index contributed by atoms with van der Waals surface area (Å²) in [5.41, 5.74) is 3.30. The monoisotopic (exact) mass is 380 g/mol. The van der Waals surface area contributed by atoms with E-state index in [1.54, 1.807) is 25.4 Å². The Labute approximate surface area is 166 Å². The van der Waals surface area contributed by atoms with Crippen molar-refractivity contribution in [3.8, 4) is 0 Å². The zero-order valence-electron chi connectivity index (χ0n) is 16.9. The van der Waals surface area contributed by atoms with Crippen LogP contribution in [0.1, 0.15) is 44.4 Å². The molecule has 1 unspecified atom stereocenters. The highest BCUT2D eigenvalue weighted by atomic mass is 16.5. The normalized spacial score (nSPS) is 12.6. The van der Waals surface area contributed by atoms with Gasteiger partial charge in [-0.1, -0.05) is 45.0 Å². The van der Waals surface area contributed by atoms with Crippen molar-refractivity contribution in [3.05, 3.63) is 71.6 Å². The Morgan fingerprint density at radius 1 is 1.11 bits per heavy atom. The van der Waals surface area contributed by atoms with Gasteiger partial charge in [-0.2, -0.15) is 0 Å². The first-order chi connectivity index (χ1) is 13.3. The molecule has 0 spiro atoms. The van der Waals surface area contributed by atoms with Gasteiger partial charge < -0.3 is 10.1 Å². The predicted molar refractivity (Wildman–Crippen MR) is 111 cm³/mol. The third-order valence-corrected chi connectivity index (χ3v) is 4.31. The van der Waals surface area contributed by atoms with Crippen LogP contribution in [-0.4, -0.2) is 29.5 Å². The quantitative estimate of drug-likeness (QED) is 0.588. The molecule has 0 aliphatic heterocycles. The molecule has 0 saturated carbocycles. The minimum absolute atomic E-state index is 0.0847. The minimum Gasteiger partial charge on any atom is -0.449 e. The molecule has 0 fully saturated rings. The molecule has 0 saturated heterocycles. The number of pyridine rings is 1. The van der Waals surface area contributed by atoms with Crippen molar-refractivity contribution < 1.29 is 14.3 Å². The van der Waals surface area contributed by atoms with E-state index in [9.17, 15) is 9.59 Å². The Morgan fingerprint density at radius 3 is 2.36 bits per heavy atom. The highest BCUT2D eigenvalue weighted by Gasteiger charge is 2.16. The summed E-state index contributed by atoms with van der Waals surface area (Å²) >= 11 is 0. The van der Waals surface area contributed by atoms with Gasteiger partial charge in [0, 0.05) is 25.0 Å². The van der Waals surface area contributed by atoms with Gasteiger partial charge in [-0.05, 0) is 53.7 Å². The van der Waals surface area contributed by atoms with Gasteiger partial charge in [0.1, 0.15) is 0 Å². The number of aromatic nitrogens is 1. The Kier molecular flexibility index (Phi) is 7.50. The molecule has 0 aliphatic rings. The van der Waals surface area contributed by atoms with Gasteiger partial charge in [0.15, 0.2) is 6.10 Å². The summed E-state index contributed by atoms with van der Waals surface area (Å²) in [6.07, 6.45) is 6.29. The van der Waals surface area contributed by atoms with Gasteiger partial charge in [0.25, 0.3) is 5.91 Å². The smallest absolute Gasteiger partial charge is 0.331 e. The van der Waals surface area contributed by atoms with Gasteiger partial charge in [-0.15, -0.1) is 0 Å². The number of benzene rings is 1. The van der Waals surface area contributed by atoms with Crippen LogP contribution in [0.15, 0.2) is 54.9 Å². The fourth-order valence-electron chi connectivity index (χ4n) is 2.55. The average molecular weight is 380 g/mol. The van der Waals surface area contributed by atoms with Crippen LogP contribution < -0.4 is 5.32 Å². The number of esters is 1. The molecule has 0 aliphatic carbocycles. The molecule has 5 nitrogen and oxygen atoms in total. The van der Waals surface area contributed by atoms with Crippen LogP contribution in [0.4, 0.5) is 0 Å². The number of nitrogens with zero attached hydrogens (tertiary/aromatic N) is 1. The summed E-state index contributed by atoms with van der Waals surface area (Å²) < 4.78 is 5.17. The van der Waals surface area contributed by atoms with Gasteiger partial charge >= 0.3 is 5.97 Å². The molecule has 2 aromatic rings. The number of ether oxygens (including phenoxy) is 1. The van der Waals surface area contributed by atoms with E-state index < -0.39 is 12.1 Å². The van der Waals surface area contributed by atoms with E-state index in [-0.39, 0.29) is 11.3 Å². The number of hydrogen-bond donors (Lipinski definition) is 1. The molecule has 1 heterocycles. The zero-order valence-corrected chi connectivity index (χ0v) is 16.9. The lowest BCUT2D eigenvalue weighted by atomic mass is 9.87. The van der Waals surface area contributed by atoms with Crippen molar-refractivity contribution in [3.63, 3.8) is 0 Å². The van der Waals surface area contributed by atoms with Crippen LogP contribution in [-0.2, 0) is 26.2 Å². The molecule has 1 amide bonds. The number of carbonyl (C=O) groups is 2. The van der Waals surface area contributed by atoms with E-state index in [0.717, 1.165) is 11.1 Å². The topological polar surface area (TPSA) is 68.3 Å². The Bertz CT molecular complexity index is 806. The number of rotatable bonds is 7. The molecule has 1 atom stereocenters. The predicted octanol–water partition coefficient (Wildman–Crippen LogP) is 3.68. The van der Waals surface area contributed by atoms with Gasteiger partial charge in [-0.3, -0.25) is 9.78 Å². The molecular formula is C23H28N2O3. The molecule has 0 radical (unpaired) electrons. The summed E-state index contributed by atoms with van der Waals surface area (Å²) in [5, 5.41) is 2.77. The SMILES string of the molecule is CC(OC(=O)/C=C/c1ccc(C(C)(C)C)cc1)C(=O)NCCc1ccncc1. The summed E-state index contributed by atoms with van der Waals surface area (Å²) in [7, 11) is 0. The number of carbonyl (C=O) groups excluding carboxylic acids is 2. The van der Waals surface area contributed by atoms with Crippen molar-refractivity contribution >= 4 is 18.0 Å². The van der Waals surface area contributed by atoms with Gasteiger partial charge in [0.05, 0.1) is 0 Å². The van der Waals surface area contributed by atoms with Crippen molar-refractivity contribution in [2.24, 2.45) is 0 Å². The largest absolute Gasteiger partial charge is 0.449 e. The lowest BCUT2D eigenvalue weighted by Crippen LogP contribution is -2.36. The molecule has 2 rings (SSSR count). The summed E-state index contributed by atoms with van der Waals surface area (Å²) in [6.45, 7) is 8.49. The second-order valence-electron chi connectivity index (χ2n) is 7.68. The highest BCUT2D eigenvalue weighted by molar-refractivity contribution is 5.90. The lowest BCUT2D eigenvalue weighted by Gasteiger charge is -2.18. The third kappa shape index (κ3) is 6.99. The summed E-state index contributed by atoms with van der Waals surface area (Å²) in [4.78, 5) is 28.0. The van der Waals surface area contributed by atoms with Crippen LogP contribution in [0.3, 0.4) is 0 Å². The maximum atomic E-state index is 12.0. The van der Waals surface area contributed by atoms with E-state index in [4.69, 9.17) is 4.74 Å². The van der Waals surface area contributed by atoms with Crippen molar-refractivity contribution in [2.45, 2.75) is 45.6 Å².